The van der Waals surface area contributed by atoms with Crippen molar-refractivity contribution >= 4 is 5.69 Å². The summed E-state index contributed by atoms with van der Waals surface area (Å²) in [6.07, 6.45) is 2.42. The maximum absolute atomic E-state index is 5.47. The van der Waals surface area contributed by atoms with Gasteiger partial charge in [-0.2, -0.15) is 0 Å². The molecule has 1 aliphatic rings. The molecule has 0 bridgehead atoms. The van der Waals surface area contributed by atoms with Crippen molar-refractivity contribution in [2.24, 2.45) is 5.92 Å². The molecular formula is C17H28N2O. The normalized spacial score (nSPS) is 17.4. The second-order valence-corrected chi connectivity index (χ2v) is 6.32. The van der Waals surface area contributed by atoms with Crippen LogP contribution in [0.3, 0.4) is 0 Å². The van der Waals surface area contributed by atoms with Crippen molar-refractivity contribution in [2.75, 3.05) is 32.1 Å². The lowest BCUT2D eigenvalue weighted by Gasteiger charge is -2.34. The van der Waals surface area contributed by atoms with Crippen LogP contribution in [-0.4, -0.2) is 37.7 Å². The lowest BCUT2D eigenvalue weighted by molar-refractivity contribution is 0.198. The zero-order valence-corrected chi connectivity index (χ0v) is 13.3. The smallest absolute Gasteiger partial charge is 0.142 e. The van der Waals surface area contributed by atoms with Gasteiger partial charge in [-0.05, 0) is 43.4 Å². The number of hydrogen-bond acceptors (Lipinski definition) is 3. The van der Waals surface area contributed by atoms with Crippen LogP contribution in [0, 0.1) is 12.8 Å². The number of benzene rings is 1. The zero-order valence-electron chi connectivity index (χ0n) is 13.3. The Labute approximate surface area is 123 Å². The Morgan fingerprint density at radius 2 is 2.00 bits per heavy atom. The van der Waals surface area contributed by atoms with Crippen molar-refractivity contribution < 1.29 is 4.74 Å². The molecular weight excluding hydrogens is 248 g/mol. The number of hydrogen-bond donors (Lipinski definition) is 1. The summed E-state index contributed by atoms with van der Waals surface area (Å²) in [5.74, 6) is 1.71. The molecule has 3 heteroatoms. The molecule has 0 unspecified atom stereocenters. The molecule has 112 valence electrons. The van der Waals surface area contributed by atoms with Crippen LogP contribution in [0.15, 0.2) is 18.2 Å². The molecule has 1 fully saturated rings. The fourth-order valence-corrected chi connectivity index (χ4v) is 2.91. The van der Waals surface area contributed by atoms with E-state index in [1.54, 1.807) is 7.11 Å². The minimum Gasteiger partial charge on any atom is -0.495 e. The molecule has 1 saturated heterocycles. The van der Waals surface area contributed by atoms with Gasteiger partial charge < -0.3 is 15.0 Å². The van der Waals surface area contributed by atoms with Crippen molar-refractivity contribution in [3.63, 3.8) is 0 Å². The highest BCUT2D eigenvalue weighted by Gasteiger charge is 2.20. The summed E-state index contributed by atoms with van der Waals surface area (Å²) in [5, 5.41) is 3.65. The van der Waals surface area contributed by atoms with Crippen LogP contribution in [0.2, 0.25) is 0 Å². The number of anilines is 1. The quantitative estimate of drug-likeness (QED) is 0.890. The fraction of sp³-hybridized carbons (Fsp3) is 0.647. The monoisotopic (exact) mass is 276 g/mol. The van der Waals surface area contributed by atoms with E-state index in [9.17, 15) is 0 Å². The topological polar surface area (TPSA) is 24.5 Å². The molecule has 3 nitrogen and oxygen atoms in total. The van der Waals surface area contributed by atoms with Crippen LogP contribution >= 0.6 is 0 Å². The predicted octanol–water partition coefficient (Wildman–Crippen LogP) is 3.54. The molecule has 0 aliphatic carbocycles. The van der Waals surface area contributed by atoms with Gasteiger partial charge in [-0.3, -0.25) is 0 Å². The van der Waals surface area contributed by atoms with Crippen molar-refractivity contribution in [3.8, 4) is 5.75 Å². The first-order chi connectivity index (χ1) is 9.58. The van der Waals surface area contributed by atoms with E-state index in [1.807, 2.05) is 0 Å². The SMILES string of the molecule is COc1cc(C)ccc1NC1CCN(CC(C)C)CC1. The Hall–Kier alpha value is -1.22. The second kappa shape index (κ2) is 6.98. The van der Waals surface area contributed by atoms with E-state index >= 15 is 0 Å². The molecule has 0 saturated carbocycles. The Morgan fingerprint density at radius 1 is 1.30 bits per heavy atom. The average molecular weight is 276 g/mol. The lowest BCUT2D eigenvalue weighted by Crippen LogP contribution is -2.40. The van der Waals surface area contributed by atoms with E-state index in [0.29, 0.717) is 6.04 Å². The minimum absolute atomic E-state index is 0.565. The minimum atomic E-state index is 0.565. The number of rotatable bonds is 5. The first-order valence-corrected chi connectivity index (χ1v) is 7.72. The van der Waals surface area contributed by atoms with Gasteiger partial charge in [-0.25, -0.2) is 0 Å². The molecule has 0 atom stereocenters. The van der Waals surface area contributed by atoms with Crippen LogP contribution in [0.25, 0.3) is 0 Å². The predicted molar refractivity (Wildman–Crippen MR) is 85.7 cm³/mol. The van der Waals surface area contributed by atoms with E-state index in [0.717, 1.165) is 17.4 Å². The van der Waals surface area contributed by atoms with Gasteiger partial charge in [0.1, 0.15) is 5.75 Å². The van der Waals surface area contributed by atoms with Crippen LogP contribution < -0.4 is 10.1 Å². The van der Waals surface area contributed by atoms with Gasteiger partial charge in [0.15, 0.2) is 0 Å². The third kappa shape index (κ3) is 4.14. The summed E-state index contributed by atoms with van der Waals surface area (Å²) < 4.78 is 5.47. The summed E-state index contributed by atoms with van der Waals surface area (Å²) in [5.41, 5.74) is 2.36. The van der Waals surface area contributed by atoms with Gasteiger partial charge in [-0.1, -0.05) is 19.9 Å². The van der Waals surface area contributed by atoms with Crippen LogP contribution in [-0.2, 0) is 0 Å². The summed E-state index contributed by atoms with van der Waals surface area (Å²) in [7, 11) is 1.74. The average Bonchev–Trinajstić information content (AvgIpc) is 2.42. The van der Waals surface area contributed by atoms with E-state index in [4.69, 9.17) is 4.74 Å². The molecule has 1 aromatic rings. The van der Waals surface area contributed by atoms with E-state index in [2.05, 4.69) is 49.2 Å². The number of methoxy groups -OCH3 is 1. The Balaban J connectivity index is 1.89. The molecule has 1 aliphatic heterocycles. The summed E-state index contributed by atoms with van der Waals surface area (Å²) in [4.78, 5) is 2.58. The number of likely N-dealkylation sites (tertiary alicyclic amines) is 1. The molecule has 0 amide bonds. The first-order valence-electron chi connectivity index (χ1n) is 7.72. The largest absolute Gasteiger partial charge is 0.495 e. The Kier molecular flexibility index (Phi) is 5.30. The molecule has 0 radical (unpaired) electrons. The van der Waals surface area contributed by atoms with Crippen molar-refractivity contribution in [1.29, 1.82) is 0 Å². The Bertz CT molecular complexity index is 423. The van der Waals surface area contributed by atoms with Crippen molar-refractivity contribution in [2.45, 2.75) is 39.7 Å². The maximum Gasteiger partial charge on any atom is 0.142 e. The zero-order chi connectivity index (χ0) is 14.5. The molecule has 20 heavy (non-hydrogen) atoms. The van der Waals surface area contributed by atoms with Gasteiger partial charge in [-0.15, -0.1) is 0 Å². The van der Waals surface area contributed by atoms with E-state index in [-0.39, 0.29) is 0 Å². The number of aryl methyl sites for hydroxylation is 1. The summed E-state index contributed by atoms with van der Waals surface area (Å²) in [6.45, 7) is 10.3. The van der Waals surface area contributed by atoms with Crippen LogP contribution in [0.5, 0.6) is 5.75 Å². The van der Waals surface area contributed by atoms with Crippen LogP contribution in [0.4, 0.5) is 5.69 Å². The van der Waals surface area contributed by atoms with Gasteiger partial charge in [0.25, 0.3) is 0 Å². The standard InChI is InChI=1S/C17H28N2O/c1-13(2)12-19-9-7-15(8-10-19)18-16-6-5-14(3)11-17(16)20-4/h5-6,11,13,15,18H,7-10,12H2,1-4H3. The van der Waals surface area contributed by atoms with Crippen LogP contribution in [0.1, 0.15) is 32.3 Å². The number of nitrogens with one attached hydrogen (secondary N) is 1. The van der Waals surface area contributed by atoms with Gasteiger partial charge >= 0.3 is 0 Å². The second-order valence-electron chi connectivity index (χ2n) is 6.32. The van der Waals surface area contributed by atoms with Gasteiger partial charge in [0.2, 0.25) is 0 Å². The maximum atomic E-state index is 5.47. The van der Waals surface area contributed by atoms with Crippen molar-refractivity contribution in [1.82, 2.24) is 4.90 Å². The molecule has 2 rings (SSSR count). The molecule has 0 spiro atoms. The number of piperidine rings is 1. The first kappa shape index (κ1) is 15.2. The van der Waals surface area contributed by atoms with Gasteiger partial charge in [0.05, 0.1) is 12.8 Å². The molecule has 1 aromatic carbocycles. The third-order valence-corrected chi connectivity index (χ3v) is 3.93. The molecule has 1 N–H and O–H groups in total. The summed E-state index contributed by atoms with van der Waals surface area (Å²) in [6, 6.07) is 6.93. The van der Waals surface area contributed by atoms with E-state index in [1.165, 1.54) is 38.0 Å². The van der Waals surface area contributed by atoms with Crippen molar-refractivity contribution in [3.05, 3.63) is 23.8 Å². The lowest BCUT2D eigenvalue weighted by atomic mass is 10.0. The highest BCUT2D eigenvalue weighted by atomic mass is 16.5. The Morgan fingerprint density at radius 3 is 2.60 bits per heavy atom. The number of ether oxygens (including phenoxy) is 1. The van der Waals surface area contributed by atoms with E-state index < -0.39 is 0 Å². The molecule has 0 aromatic heterocycles. The molecule has 1 heterocycles. The summed E-state index contributed by atoms with van der Waals surface area (Å²) >= 11 is 0. The highest BCUT2D eigenvalue weighted by Crippen LogP contribution is 2.27. The fourth-order valence-electron chi connectivity index (χ4n) is 2.91. The third-order valence-electron chi connectivity index (χ3n) is 3.93. The number of nitrogens with zero attached hydrogens (tertiary/aromatic N) is 1. The van der Waals surface area contributed by atoms with Gasteiger partial charge in [0, 0.05) is 25.7 Å². The highest BCUT2D eigenvalue weighted by molar-refractivity contribution is 5.58.